The highest BCUT2D eigenvalue weighted by atomic mass is 16.7. The SMILES string of the molecule is CCCCCC(=O)OC(C)CN[C@@H](Cc1ccc(OC(=O)OC(C)C(C)C)c(OC(=O)OC(C)C(C)C)c1)C(=O)O. The number of unbranched alkanes of at least 4 members (excludes halogenated alkanes) is 2. The van der Waals surface area contributed by atoms with Gasteiger partial charge in [0.2, 0.25) is 0 Å². The minimum atomic E-state index is -1.12. The molecule has 0 amide bonds. The summed E-state index contributed by atoms with van der Waals surface area (Å²) < 4.78 is 26.6. The quantitative estimate of drug-likeness (QED) is 0.0980. The van der Waals surface area contributed by atoms with E-state index in [1.165, 1.54) is 12.1 Å². The van der Waals surface area contributed by atoms with E-state index in [2.05, 4.69) is 5.32 Å². The minimum absolute atomic E-state index is 0.00455. The zero-order valence-corrected chi connectivity index (χ0v) is 25.6. The zero-order valence-electron chi connectivity index (χ0n) is 25.6. The fourth-order valence-corrected chi connectivity index (χ4v) is 3.28. The third-order valence-corrected chi connectivity index (χ3v) is 6.54. The number of carboxylic acids is 1. The third kappa shape index (κ3) is 14.2. The van der Waals surface area contributed by atoms with Crippen LogP contribution >= 0.6 is 0 Å². The molecule has 0 fully saturated rings. The summed E-state index contributed by atoms with van der Waals surface area (Å²) in [6.07, 6.45) is -0.368. The van der Waals surface area contributed by atoms with Crippen molar-refractivity contribution in [3.05, 3.63) is 23.8 Å². The number of hydrogen-bond acceptors (Lipinski definition) is 10. The molecule has 1 aromatic rings. The molecule has 11 nitrogen and oxygen atoms in total. The predicted molar refractivity (Wildman–Crippen MR) is 152 cm³/mol. The van der Waals surface area contributed by atoms with Crippen LogP contribution in [0.3, 0.4) is 0 Å². The first-order chi connectivity index (χ1) is 19.2. The fourth-order valence-electron chi connectivity index (χ4n) is 3.28. The van der Waals surface area contributed by atoms with E-state index in [1.807, 2.05) is 34.6 Å². The van der Waals surface area contributed by atoms with Gasteiger partial charge in [-0.1, -0.05) is 53.5 Å². The van der Waals surface area contributed by atoms with E-state index in [0.717, 1.165) is 19.3 Å². The van der Waals surface area contributed by atoms with Crippen LogP contribution in [0.2, 0.25) is 0 Å². The van der Waals surface area contributed by atoms with E-state index < -0.39 is 42.6 Å². The molecule has 0 aliphatic rings. The van der Waals surface area contributed by atoms with Crippen LogP contribution in [0.25, 0.3) is 0 Å². The lowest BCUT2D eigenvalue weighted by Gasteiger charge is -2.20. The molecule has 0 radical (unpaired) electrons. The van der Waals surface area contributed by atoms with Crippen molar-refractivity contribution in [2.45, 2.75) is 112 Å². The van der Waals surface area contributed by atoms with Crippen LogP contribution in [0.5, 0.6) is 11.5 Å². The Hall–Kier alpha value is -3.34. The van der Waals surface area contributed by atoms with Gasteiger partial charge in [-0.05, 0) is 63.1 Å². The number of carboxylic acid groups (broad SMARTS) is 1. The molecule has 232 valence electrons. The zero-order chi connectivity index (χ0) is 31.1. The molecule has 0 spiro atoms. The Kier molecular flexibility index (Phi) is 15.8. The minimum Gasteiger partial charge on any atom is -0.480 e. The summed E-state index contributed by atoms with van der Waals surface area (Å²) in [5, 5.41) is 12.7. The van der Waals surface area contributed by atoms with Gasteiger partial charge in [0.25, 0.3) is 0 Å². The normalized spacial score (nSPS) is 14.1. The number of aliphatic carboxylic acids is 1. The largest absolute Gasteiger partial charge is 0.514 e. The van der Waals surface area contributed by atoms with E-state index >= 15 is 0 Å². The first kappa shape index (κ1) is 35.7. The van der Waals surface area contributed by atoms with Crippen LogP contribution < -0.4 is 14.8 Å². The number of benzene rings is 1. The van der Waals surface area contributed by atoms with Crippen molar-refractivity contribution in [2.24, 2.45) is 11.8 Å². The first-order valence-electron chi connectivity index (χ1n) is 14.3. The molecule has 2 N–H and O–H groups in total. The topological polar surface area (TPSA) is 147 Å². The first-order valence-corrected chi connectivity index (χ1v) is 14.3. The molecule has 0 aromatic heterocycles. The smallest absolute Gasteiger partial charge is 0.480 e. The summed E-state index contributed by atoms with van der Waals surface area (Å²) in [5.74, 6) is -1.57. The summed E-state index contributed by atoms with van der Waals surface area (Å²) in [6, 6.07) is 3.31. The van der Waals surface area contributed by atoms with Crippen LogP contribution in [0.1, 0.15) is 86.6 Å². The lowest BCUT2D eigenvalue weighted by atomic mass is 10.0. The molecule has 41 heavy (non-hydrogen) atoms. The molecule has 0 aliphatic heterocycles. The van der Waals surface area contributed by atoms with E-state index in [-0.39, 0.29) is 42.3 Å². The number of hydrogen-bond donors (Lipinski definition) is 2. The highest BCUT2D eigenvalue weighted by molar-refractivity contribution is 5.74. The summed E-state index contributed by atoms with van der Waals surface area (Å²) >= 11 is 0. The maximum absolute atomic E-state index is 12.5. The molecule has 3 unspecified atom stereocenters. The molecule has 1 rings (SSSR count). The van der Waals surface area contributed by atoms with Crippen molar-refractivity contribution in [2.75, 3.05) is 6.54 Å². The monoisotopic (exact) mass is 581 g/mol. The van der Waals surface area contributed by atoms with Crippen LogP contribution in [0.15, 0.2) is 18.2 Å². The molecule has 11 heteroatoms. The standard InChI is InChI=1S/C30H47NO10/c1-9-10-11-12-27(32)37-20(6)17-31-24(28(33)34)15-23-13-14-25(40-29(35)38-21(7)18(2)3)26(16-23)41-30(36)39-22(8)19(4)5/h13-14,16,18-22,24,31H,9-12,15,17H2,1-8H3,(H,33,34)/t20?,21?,22?,24-/m0/s1. The van der Waals surface area contributed by atoms with E-state index in [1.54, 1.807) is 26.8 Å². The van der Waals surface area contributed by atoms with Crippen LogP contribution in [-0.2, 0) is 30.2 Å². The Morgan fingerprint density at radius 3 is 1.88 bits per heavy atom. The molecular weight excluding hydrogens is 534 g/mol. The number of nitrogens with one attached hydrogen (secondary N) is 1. The van der Waals surface area contributed by atoms with Gasteiger partial charge in [0.15, 0.2) is 11.5 Å². The average Bonchev–Trinajstić information content (AvgIpc) is 2.87. The number of carbonyl (C=O) groups excluding carboxylic acids is 3. The molecule has 0 aliphatic carbocycles. The van der Waals surface area contributed by atoms with E-state index in [4.69, 9.17) is 23.7 Å². The van der Waals surface area contributed by atoms with Crippen molar-refractivity contribution < 1.29 is 48.0 Å². The number of carbonyl (C=O) groups is 4. The second kappa shape index (κ2) is 18.2. The second-order valence-corrected chi connectivity index (χ2v) is 10.9. The maximum Gasteiger partial charge on any atom is 0.514 e. The van der Waals surface area contributed by atoms with Crippen LogP contribution in [0, 0.1) is 11.8 Å². The highest BCUT2D eigenvalue weighted by Crippen LogP contribution is 2.30. The van der Waals surface area contributed by atoms with Gasteiger partial charge in [-0.15, -0.1) is 0 Å². The van der Waals surface area contributed by atoms with Crippen molar-refractivity contribution >= 4 is 24.2 Å². The van der Waals surface area contributed by atoms with Gasteiger partial charge in [0.1, 0.15) is 24.4 Å². The van der Waals surface area contributed by atoms with Crippen molar-refractivity contribution in [3.63, 3.8) is 0 Å². The van der Waals surface area contributed by atoms with Gasteiger partial charge in [-0.25, -0.2) is 9.59 Å². The highest BCUT2D eigenvalue weighted by Gasteiger charge is 2.24. The molecule has 0 heterocycles. The molecule has 0 saturated carbocycles. The molecule has 0 bridgehead atoms. The Morgan fingerprint density at radius 1 is 0.805 bits per heavy atom. The number of rotatable bonds is 17. The van der Waals surface area contributed by atoms with Gasteiger partial charge < -0.3 is 34.1 Å². The van der Waals surface area contributed by atoms with Gasteiger partial charge in [-0.2, -0.15) is 0 Å². The number of ether oxygens (including phenoxy) is 5. The van der Waals surface area contributed by atoms with Gasteiger partial charge in [0.05, 0.1) is 0 Å². The van der Waals surface area contributed by atoms with Crippen LogP contribution in [0.4, 0.5) is 9.59 Å². The Balaban J connectivity index is 3.02. The maximum atomic E-state index is 12.5. The molecular formula is C30H47NO10. The second-order valence-electron chi connectivity index (χ2n) is 10.9. The Morgan fingerprint density at radius 2 is 1.37 bits per heavy atom. The van der Waals surface area contributed by atoms with E-state index in [0.29, 0.717) is 12.0 Å². The van der Waals surface area contributed by atoms with Gasteiger partial charge >= 0.3 is 24.2 Å². The molecule has 4 atom stereocenters. The molecule has 0 saturated heterocycles. The summed E-state index contributed by atoms with van der Waals surface area (Å²) in [4.78, 5) is 48.7. The van der Waals surface area contributed by atoms with Crippen molar-refractivity contribution in [1.82, 2.24) is 5.32 Å². The molecule has 1 aromatic carbocycles. The van der Waals surface area contributed by atoms with Gasteiger partial charge in [-0.3, -0.25) is 9.59 Å². The lowest BCUT2D eigenvalue weighted by Crippen LogP contribution is -2.42. The van der Waals surface area contributed by atoms with Crippen molar-refractivity contribution in [3.8, 4) is 11.5 Å². The predicted octanol–water partition coefficient (Wildman–Crippen LogP) is 5.90. The summed E-state index contributed by atoms with van der Waals surface area (Å²) in [7, 11) is 0. The third-order valence-electron chi connectivity index (χ3n) is 6.54. The summed E-state index contributed by atoms with van der Waals surface area (Å²) in [5.41, 5.74) is 0.477. The number of esters is 1. The summed E-state index contributed by atoms with van der Waals surface area (Å²) in [6.45, 7) is 14.8. The van der Waals surface area contributed by atoms with Gasteiger partial charge in [0, 0.05) is 13.0 Å². The average molecular weight is 582 g/mol. The Labute approximate surface area is 243 Å². The lowest BCUT2D eigenvalue weighted by molar-refractivity contribution is -0.148. The fraction of sp³-hybridized carbons (Fsp3) is 0.667. The van der Waals surface area contributed by atoms with Crippen LogP contribution in [-0.4, -0.2) is 60.3 Å². The Bertz CT molecular complexity index is 993. The van der Waals surface area contributed by atoms with Crippen molar-refractivity contribution in [1.29, 1.82) is 0 Å². The van der Waals surface area contributed by atoms with E-state index in [9.17, 15) is 24.3 Å².